The van der Waals surface area contributed by atoms with Crippen LogP contribution in [0, 0.1) is 29.6 Å². The van der Waals surface area contributed by atoms with E-state index >= 15 is 0 Å². The van der Waals surface area contributed by atoms with E-state index in [2.05, 4.69) is 51.6 Å². The minimum absolute atomic E-state index is 0.00953. The maximum atomic E-state index is 13.8. The van der Waals surface area contributed by atoms with Crippen LogP contribution in [0.15, 0.2) is 48.6 Å². The molecule has 7 nitrogen and oxygen atoms in total. The lowest BCUT2D eigenvalue weighted by Gasteiger charge is -2.48. The molecule has 2 heterocycles. The van der Waals surface area contributed by atoms with Crippen LogP contribution < -0.4 is 14.4 Å². The molecule has 1 fully saturated rings. The van der Waals surface area contributed by atoms with Crippen molar-refractivity contribution < 1.29 is 23.6 Å². The average Bonchev–Trinajstić information content (AvgIpc) is 3.18. The first-order chi connectivity index (χ1) is 22.5. The summed E-state index contributed by atoms with van der Waals surface area (Å²) in [6, 6.07) is 11.8. The van der Waals surface area contributed by atoms with Crippen molar-refractivity contribution >= 4 is 38.8 Å². The second kappa shape index (κ2) is 13.5. The molecule has 0 aromatic heterocycles. The van der Waals surface area contributed by atoms with Gasteiger partial charge in [0.25, 0.3) is 5.91 Å². The maximum absolute atomic E-state index is 13.8. The second-order valence-electron chi connectivity index (χ2n) is 14.0. The fourth-order valence-corrected chi connectivity index (χ4v) is 9.68. The van der Waals surface area contributed by atoms with Gasteiger partial charge < -0.3 is 19.5 Å². The van der Waals surface area contributed by atoms with Crippen LogP contribution in [0.25, 0.3) is 0 Å². The Labute approximate surface area is 285 Å². The number of nitrogens with one attached hydrogen (secondary N) is 1. The van der Waals surface area contributed by atoms with Gasteiger partial charge in [-0.1, -0.05) is 42.5 Å². The number of amides is 1. The van der Waals surface area contributed by atoms with Gasteiger partial charge in [-0.2, -0.15) is 0 Å². The Morgan fingerprint density at radius 2 is 2.06 bits per heavy atom. The number of rotatable bonds is 2. The SMILES string of the molecule is C=S1(=O)NC(=O)c2ccc3c(c2)N(C[C@@H]2CC[C@H]2[C@](C#CCCO)(OC)/C=C/C[C@H](C)[C@H]1C)C[C@@]1(CCCc2cc(Cl)ccc21)CO3. The molecule has 4 aliphatic rings. The van der Waals surface area contributed by atoms with Crippen molar-refractivity contribution in [3.8, 4) is 17.6 Å². The number of anilines is 1. The number of fused-ring (bicyclic) bond motifs is 4. The monoisotopic (exact) mass is 678 g/mol. The first-order valence-corrected chi connectivity index (χ1v) is 19.0. The van der Waals surface area contributed by atoms with Crippen LogP contribution in [0.4, 0.5) is 5.69 Å². The molecule has 2 aliphatic carbocycles. The third-order valence-corrected chi connectivity index (χ3v) is 13.6. The number of hydrogen-bond acceptors (Lipinski definition) is 6. The van der Waals surface area contributed by atoms with Crippen LogP contribution in [0.3, 0.4) is 0 Å². The van der Waals surface area contributed by atoms with E-state index in [1.807, 2.05) is 32.0 Å². The highest BCUT2D eigenvalue weighted by molar-refractivity contribution is 7.99. The van der Waals surface area contributed by atoms with E-state index < -0.39 is 21.2 Å². The summed E-state index contributed by atoms with van der Waals surface area (Å²) in [7, 11) is -1.25. The number of carbonyl (C=O) groups is 1. The number of nitrogens with zero attached hydrogens (tertiary/aromatic N) is 1. The summed E-state index contributed by atoms with van der Waals surface area (Å²) in [4.78, 5) is 16.1. The molecule has 252 valence electrons. The molecular weight excluding hydrogens is 632 g/mol. The van der Waals surface area contributed by atoms with Gasteiger partial charge in [0.1, 0.15) is 11.4 Å². The normalized spacial score (nSPS) is 34.3. The molecule has 47 heavy (non-hydrogen) atoms. The van der Waals surface area contributed by atoms with E-state index in [1.165, 1.54) is 11.1 Å². The lowest BCUT2D eigenvalue weighted by atomic mass is 9.64. The number of ether oxygens (including phenoxy) is 2. The van der Waals surface area contributed by atoms with E-state index in [1.54, 1.807) is 13.2 Å². The van der Waals surface area contributed by atoms with Crippen LogP contribution in [0.5, 0.6) is 5.75 Å². The van der Waals surface area contributed by atoms with Crippen LogP contribution in [0.2, 0.25) is 5.02 Å². The fourth-order valence-electron chi connectivity index (χ4n) is 8.01. The van der Waals surface area contributed by atoms with Gasteiger partial charge in [0.2, 0.25) is 0 Å². The molecule has 2 aliphatic heterocycles. The standard InChI is InChI=1S/C38H47ClN2O5S/c1-26-9-7-19-38(45-3,18-5-6-20-42)33-14-11-30(33)23-41-24-37(17-8-10-28-21-31(39)13-15-32(28)37)25-46-35-16-12-29(22-34(35)41)36(43)40-47(4,44)27(26)2/h7,12-13,15-16,19,21-22,26-27,30,33,42H,4,6,8-11,14,17,20,23-25H2,1-3H3,(H,40,43,44)/b19-7+/t26-,27+,30-,33+,37-,38+,47?/m0/s1. The zero-order valence-corrected chi connectivity index (χ0v) is 29.3. The smallest absolute Gasteiger partial charge is 0.262 e. The maximum Gasteiger partial charge on any atom is 0.262 e. The summed E-state index contributed by atoms with van der Waals surface area (Å²) in [6.07, 6.45) is 10.1. The third kappa shape index (κ3) is 6.57. The van der Waals surface area contributed by atoms with Gasteiger partial charge in [-0.3, -0.25) is 9.52 Å². The molecule has 1 amide bonds. The zero-order chi connectivity index (χ0) is 33.4. The van der Waals surface area contributed by atoms with E-state index in [-0.39, 0.29) is 35.0 Å². The lowest BCUT2D eigenvalue weighted by Crippen LogP contribution is -2.52. The van der Waals surface area contributed by atoms with Crippen molar-refractivity contribution in [1.29, 1.82) is 0 Å². The van der Waals surface area contributed by atoms with Crippen molar-refractivity contribution in [3.63, 3.8) is 0 Å². The molecule has 0 saturated heterocycles. The average molecular weight is 679 g/mol. The number of aryl methyl sites for hydroxylation is 1. The van der Waals surface area contributed by atoms with Gasteiger partial charge >= 0.3 is 0 Å². The van der Waals surface area contributed by atoms with Crippen molar-refractivity contribution in [1.82, 2.24) is 4.72 Å². The zero-order valence-electron chi connectivity index (χ0n) is 27.7. The summed E-state index contributed by atoms with van der Waals surface area (Å²) < 4.78 is 29.6. The quantitative estimate of drug-likeness (QED) is 0.232. The molecular formula is C38H47ClN2O5S. The summed E-state index contributed by atoms with van der Waals surface area (Å²) in [5, 5.41) is 9.89. The predicted octanol–water partition coefficient (Wildman–Crippen LogP) is 5.96. The van der Waals surface area contributed by atoms with E-state index in [0.29, 0.717) is 25.0 Å². The minimum Gasteiger partial charge on any atom is -0.490 e. The molecule has 9 heteroatoms. The Morgan fingerprint density at radius 1 is 1.23 bits per heavy atom. The molecule has 2 bridgehead atoms. The van der Waals surface area contributed by atoms with E-state index in [0.717, 1.165) is 61.7 Å². The van der Waals surface area contributed by atoms with Crippen molar-refractivity contribution in [3.05, 3.63) is 70.3 Å². The first kappa shape index (κ1) is 33.9. The summed E-state index contributed by atoms with van der Waals surface area (Å²) in [5.41, 5.74) is 2.75. The molecule has 2 aromatic carbocycles. The number of hydrogen-bond donors (Lipinski definition) is 2. The number of aliphatic hydroxyl groups is 1. The number of allylic oxidation sites excluding steroid dienone is 1. The van der Waals surface area contributed by atoms with Crippen LogP contribution in [-0.2, 0) is 26.3 Å². The molecule has 2 aromatic rings. The first-order valence-electron chi connectivity index (χ1n) is 16.8. The highest BCUT2D eigenvalue weighted by Crippen LogP contribution is 2.49. The number of methoxy groups -OCH3 is 1. The Morgan fingerprint density at radius 3 is 2.81 bits per heavy atom. The third-order valence-electron chi connectivity index (χ3n) is 11.1. The topological polar surface area (TPSA) is 88.1 Å². The Kier molecular flexibility index (Phi) is 9.75. The molecule has 6 rings (SSSR count). The number of benzene rings is 2. The van der Waals surface area contributed by atoms with Crippen LogP contribution in [-0.4, -0.2) is 65.4 Å². The highest BCUT2D eigenvalue weighted by Gasteiger charge is 2.48. The summed E-state index contributed by atoms with van der Waals surface area (Å²) in [6.45, 7) is 5.87. The van der Waals surface area contributed by atoms with Gasteiger partial charge in [0.15, 0.2) is 0 Å². The molecule has 2 N–H and O–H groups in total. The van der Waals surface area contributed by atoms with Gasteiger partial charge in [0, 0.05) is 53.8 Å². The minimum atomic E-state index is -2.97. The van der Waals surface area contributed by atoms with Crippen molar-refractivity contribution in [2.24, 2.45) is 17.8 Å². The van der Waals surface area contributed by atoms with Crippen molar-refractivity contribution in [2.45, 2.75) is 75.1 Å². The van der Waals surface area contributed by atoms with Gasteiger partial charge in [-0.05, 0) is 111 Å². The Bertz CT molecular complexity index is 1710. The van der Waals surface area contributed by atoms with Gasteiger partial charge in [0.05, 0.1) is 28.6 Å². The van der Waals surface area contributed by atoms with E-state index in [9.17, 15) is 14.1 Å². The highest BCUT2D eigenvalue weighted by atomic mass is 35.5. The van der Waals surface area contributed by atoms with Gasteiger partial charge in [-0.15, -0.1) is 0 Å². The van der Waals surface area contributed by atoms with Crippen molar-refractivity contribution in [2.75, 3.05) is 38.3 Å². The van der Waals surface area contributed by atoms with Gasteiger partial charge in [-0.25, -0.2) is 4.21 Å². The molecule has 1 unspecified atom stereocenters. The summed E-state index contributed by atoms with van der Waals surface area (Å²) in [5.74, 6) is 11.3. The fraction of sp³-hybridized carbons (Fsp3) is 0.526. The number of halogens is 1. The Balaban J connectivity index is 1.47. The number of carbonyl (C=O) groups excluding carboxylic acids is 1. The second-order valence-corrected chi connectivity index (χ2v) is 16.8. The largest absolute Gasteiger partial charge is 0.490 e. The molecule has 1 spiro atoms. The predicted molar refractivity (Wildman–Crippen MR) is 191 cm³/mol. The molecule has 1 saturated carbocycles. The number of aliphatic hydroxyl groups excluding tert-OH is 1. The van der Waals surface area contributed by atoms with Crippen LogP contribution >= 0.6 is 11.6 Å². The molecule has 0 radical (unpaired) electrons. The molecule has 7 atom stereocenters. The lowest BCUT2D eigenvalue weighted by molar-refractivity contribution is -0.0351. The van der Waals surface area contributed by atoms with E-state index in [4.69, 9.17) is 21.1 Å². The summed E-state index contributed by atoms with van der Waals surface area (Å²) >= 11 is 6.45. The van der Waals surface area contributed by atoms with Crippen LogP contribution in [0.1, 0.15) is 73.9 Å². The Hall–Kier alpha value is -2.96.